The average Bonchev–Trinajstić information content (AvgIpc) is 3.06. The van der Waals surface area contributed by atoms with E-state index in [-0.39, 0.29) is 32.9 Å². The van der Waals surface area contributed by atoms with Crippen molar-refractivity contribution in [2.45, 2.75) is 45.4 Å². The lowest BCUT2D eigenvalue weighted by atomic mass is 10.0. The van der Waals surface area contributed by atoms with Crippen molar-refractivity contribution in [2.75, 3.05) is 19.7 Å². The summed E-state index contributed by atoms with van der Waals surface area (Å²) in [5.74, 6) is -1.29. The lowest BCUT2D eigenvalue weighted by Gasteiger charge is -2.30. The third-order valence-corrected chi connectivity index (χ3v) is 8.15. The van der Waals surface area contributed by atoms with Gasteiger partial charge in [0.1, 0.15) is 4.90 Å². The van der Waals surface area contributed by atoms with Gasteiger partial charge in [0, 0.05) is 24.3 Å². The number of sulfonamides is 1. The number of piperidine rings is 1. The molecule has 1 aromatic carbocycles. The van der Waals surface area contributed by atoms with Gasteiger partial charge in [-0.05, 0) is 63.3 Å². The molecule has 1 N–H and O–H groups in total. The first-order valence-corrected chi connectivity index (χ1v) is 12.5. The van der Waals surface area contributed by atoms with E-state index < -0.39 is 28.4 Å². The van der Waals surface area contributed by atoms with E-state index in [9.17, 15) is 22.8 Å². The van der Waals surface area contributed by atoms with E-state index in [1.807, 2.05) is 6.92 Å². The Morgan fingerprint density at radius 3 is 2.55 bits per heavy atom. The van der Waals surface area contributed by atoms with Crippen LogP contribution < -0.4 is 0 Å². The van der Waals surface area contributed by atoms with Crippen LogP contribution in [0.2, 0.25) is 5.02 Å². The van der Waals surface area contributed by atoms with Crippen LogP contribution in [0.1, 0.15) is 69.2 Å². The number of ether oxygens (including phenoxy) is 1. The van der Waals surface area contributed by atoms with Gasteiger partial charge in [-0.3, -0.25) is 9.59 Å². The van der Waals surface area contributed by atoms with Crippen LogP contribution in [-0.4, -0.2) is 54.9 Å². The lowest BCUT2D eigenvalue weighted by Crippen LogP contribution is -2.39. The zero-order valence-corrected chi connectivity index (χ0v) is 20.6. The fourth-order valence-electron chi connectivity index (χ4n) is 4.18. The lowest BCUT2D eigenvalue weighted by molar-refractivity contribution is 0.0473. The van der Waals surface area contributed by atoms with E-state index in [0.29, 0.717) is 29.9 Å². The fourth-order valence-corrected chi connectivity index (χ4v) is 6.27. The Kier molecular flexibility index (Phi) is 7.45. The van der Waals surface area contributed by atoms with Crippen molar-refractivity contribution in [2.24, 2.45) is 5.92 Å². The Labute approximate surface area is 198 Å². The van der Waals surface area contributed by atoms with E-state index in [0.717, 1.165) is 12.8 Å². The van der Waals surface area contributed by atoms with Crippen LogP contribution in [0.5, 0.6) is 0 Å². The van der Waals surface area contributed by atoms with Crippen molar-refractivity contribution < 1.29 is 27.5 Å². The maximum absolute atomic E-state index is 13.1. The molecule has 2 aromatic rings. The van der Waals surface area contributed by atoms with Gasteiger partial charge < -0.3 is 9.72 Å². The zero-order chi connectivity index (χ0) is 24.5. The van der Waals surface area contributed by atoms with E-state index in [1.54, 1.807) is 13.8 Å². The summed E-state index contributed by atoms with van der Waals surface area (Å²) in [7, 11) is -3.88. The third-order valence-electron chi connectivity index (χ3n) is 5.81. The summed E-state index contributed by atoms with van der Waals surface area (Å²) >= 11 is 6.16. The van der Waals surface area contributed by atoms with Crippen LogP contribution >= 0.6 is 11.6 Å². The molecule has 10 heteroatoms. The smallest absolute Gasteiger partial charge is 0.338 e. The first kappa shape index (κ1) is 25.1. The molecule has 1 aliphatic rings. The molecule has 1 atom stereocenters. The molecule has 2 heterocycles. The van der Waals surface area contributed by atoms with Crippen molar-refractivity contribution in [1.29, 1.82) is 0 Å². The van der Waals surface area contributed by atoms with Crippen molar-refractivity contribution in [3.05, 3.63) is 51.3 Å². The maximum Gasteiger partial charge on any atom is 0.338 e. The van der Waals surface area contributed by atoms with Gasteiger partial charge in [0.05, 0.1) is 16.3 Å². The van der Waals surface area contributed by atoms with E-state index in [1.165, 1.54) is 29.4 Å². The summed E-state index contributed by atoms with van der Waals surface area (Å²) in [5.41, 5.74) is 1.67. The molecule has 3 rings (SSSR count). The third kappa shape index (κ3) is 5.20. The number of esters is 1. The van der Waals surface area contributed by atoms with Crippen molar-refractivity contribution in [3.63, 3.8) is 0 Å². The molecule has 33 heavy (non-hydrogen) atoms. The molecular formula is C23H27ClN2O6S. The number of aryl methyl sites for hydroxylation is 1. The monoisotopic (exact) mass is 494 g/mol. The predicted molar refractivity (Wildman–Crippen MR) is 123 cm³/mol. The van der Waals surface area contributed by atoms with Crippen LogP contribution in [0.15, 0.2) is 23.1 Å². The second kappa shape index (κ2) is 9.79. The van der Waals surface area contributed by atoms with Crippen molar-refractivity contribution >= 4 is 39.2 Å². The minimum Gasteiger partial charge on any atom is -0.454 e. The van der Waals surface area contributed by atoms with Crippen LogP contribution in [0.4, 0.5) is 0 Å². The normalized spacial score (nSPS) is 17.1. The van der Waals surface area contributed by atoms with E-state index in [4.69, 9.17) is 16.3 Å². The Bertz CT molecular complexity index is 1220. The van der Waals surface area contributed by atoms with Gasteiger partial charge in [0.15, 0.2) is 12.4 Å². The number of H-pyrrole nitrogens is 1. The van der Waals surface area contributed by atoms with Crippen molar-refractivity contribution in [3.8, 4) is 0 Å². The predicted octanol–water partition coefficient (Wildman–Crippen LogP) is 3.95. The zero-order valence-electron chi connectivity index (χ0n) is 19.0. The highest BCUT2D eigenvalue weighted by Crippen LogP contribution is 2.29. The molecule has 8 nitrogen and oxygen atoms in total. The van der Waals surface area contributed by atoms with Gasteiger partial charge in [-0.2, -0.15) is 4.31 Å². The number of Topliss-reactive ketones (excluding diaryl/α,β-unsaturated/α-hetero) is 2. The summed E-state index contributed by atoms with van der Waals surface area (Å²) in [6.45, 7) is 6.95. The number of carbonyl (C=O) groups excluding carboxylic acids is 3. The minimum atomic E-state index is -3.88. The molecule has 0 amide bonds. The number of benzene rings is 1. The van der Waals surface area contributed by atoms with Crippen LogP contribution in [-0.2, 0) is 14.8 Å². The van der Waals surface area contributed by atoms with Gasteiger partial charge in [0.2, 0.25) is 15.8 Å². The number of nitrogens with zero attached hydrogens (tertiary/aromatic N) is 1. The summed E-state index contributed by atoms with van der Waals surface area (Å²) in [5, 5.41) is 0.00935. The number of carbonyl (C=O) groups is 3. The number of aromatic nitrogens is 1. The second-order valence-corrected chi connectivity index (χ2v) is 10.7. The summed E-state index contributed by atoms with van der Waals surface area (Å²) in [4.78, 5) is 39.6. The van der Waals surface area contributed by atoms with Gasteiger partial charge in [0.25, 0.3) is 0 Å². The molecule has 1 saturated heterocycles. The van der Waals surface area contributed by atoms with Crippen LogP contribution in [0, 0.1) is 19.8 Å². The van der Waals surface area contributed by atoms with Gasteiger partial charge >= 0.3 is 5.97 Å². The highest BCUT2D eigenvalue weighted by atomic mass is 35.5. The second-order valence-electron chi connectivity index (χ2n) is 8.44. The fraction of sp³-hybridized carbons (Fsp3) is 0.435. The van der Waals surface area contributed by atoms with E-state index in [2.05, 4.69) is 4.98 Å². The molecule has 0 bridgehead atoms. The minimum absolute atomic E-state index is 0.00935. The SMILES string of the molecule is CC(=O)c1c(C)[nH]c(C(=O)COC(=O)c2ccc(Cl)c(S(=O)(=O)N3CCC[C@@H](C)C3)c2)c1C. The summed E-state index contributed by atoms with van der Waals surface area (Å²) < 4.78 is 32.7. The molecule has 0 saturated carbocycles. The molecule has 0 radical (unpaired) electrons. The molecule has 1 fully saturated rings. The number of rotatable bonds is 7. The molecular weight excluding hydrogens is 468 g/mol. The van der Waals surface area contributed by atoms with Crippen molar-refractivity contribution in [1.82, 2.24) is 9.29 Å². The van der Waals surface area contributed by atoms with Gasteiger partial charge in [-0.25, -0.2) is 13.2 Å². The average molecular weight is 495 g/mol. The Balaban J connectivity index is 1.77. The number of hydrogen-bond acceptors (Lipinski definition) is 6. The summed E-state index contributed by atoms with van der Waals surface area (Å²) in [6, 6.07) is 3.87. The summed E-state index contributed by atoms with van der Waals surface area (Å²) in [6.07, 6.45) is 1.71. The first-order chi connectivity index (χ1) is 15.4. The molecule has 1 aromatic heterocycles. The molecule has 0 spiro atoms. The number of aromatic amines is 1. The first-order valence-electron chi connectivity index (χ1n) is 10.6. The molecule has 0 aliphatic carbocycles. The van der Waals surface area contributed by atoms with E-state index >= 15 is 0 Å². The van der Waals surface area contributed by atoms with Crippen LogP contribution in [0.25, 0.3) is 0 Å². The molecule has 0 unspecified atom stereocenters. The highest BCUT2D eigenvalue weighted by molar-refractivity contribution is 7.89. The number of ketones is 2. The Morgan fingerprint density at radius 1 is 1.24 bits per heavy atom. The molecule has 1 aliphatic heterocycles. The molecule has 178 valence electrons. The van der Waals surface area contributed by atoms with Crippen LogP contribution in [0.3, 0.4) is 0 Å². The standard InChI is InChI=1S/C23H27ClN2O6S/c1-13-6-5-9-26(11-13)33(30,31)20-10-17(7-8-18(20)24)23(29)32-12-19(28)22-14(2)21(16(4)27)15(3)25-22/h7-8,10,13,25H,5-6,9,11-12H2,1-4H3/t13-/m1/s1. The van der Waals surface area contributed by atoms with Gasteiger partial charge in [-0.15, -0.1) is 0 Å². The topological polar surface area (TPSA) is 114 Å². The maximum atomic E-state index is 13.1. The Hall–Kier alpha value is -2.49. The van der Waals surface area contributed by atoms with Gasteiger partial charge in [-0.1, -0.05) is 18.5 Å². The number of halogens is 1. The Morgan fingerprint density at radius 2 is 1.94 bits per heavy atom. The highest BCUT2D eigenvalue weighted by Gasteiger charge is 2.31. The number of hydrogen-bond donors (Lipinski definition) is 1. The quantitative estimate of drug-likeness (QED) is 0.460. The number of nitrogens with one attached hydrogen (secondary N) is 1. The largest absolute Gasteiger partial charge is 0.454 e.